The largest absolute Gasteiger partial charge is 0.382 e. The Hall–Kier alpha value is -2.40. The van der Waals surface area contributed by atoms with Gasteiger partial charge in [-0.1, -0.05) is 29.8 Å². The van der Waals surface area contributed by atoms with Crippen LogP contribution in [0.5, 0.6) is 0 Å². The van der Waals surface area contributed by atoms with Gasteiger partial charge in [-0.2, -0.15) is 5.10 Å². The highest BCUT2D eigenvalue weighted by molar-refractivity contribution is 6.30. The number of halogens is 3. The molecule has 0 atom stereocenters. The van der Waals surface area contributed by atoms with Crippen LogP contribution in [0.25, 0.3) is 22.4 Å². The van der Waals surface area contributed by atoms with Crippen molar-refractivity contribution in [2.75, 3.05) is 5.73 Å². The van der Waals surface area contributed by atoms with Gasteiger partial charge >= 0.3 is 0 Å². The number of nitrogen functional groups attached to an aromatic ring is 1. The fraction of sp³-hybridized carbons (Fsp3) is 0. The van der Waals surface area contributed by atoms with Crippen molar-refractivity contribution in [3.05, 3.63) is 59.1 Å². The molecule has 0 radical (unpaired) electrons. The maximum absolute atomic E-state index is 13.6. The van der Waals surface area contributed by atoms with E-state index in [1.807, 2.05) is 0 Å². The Balaban J connectivity index is 2.16. The number of aromatic amines is 1. The summed E-state index contributed by atoms with van der Waals surface area (Å²) in [6.45, 7) is 0. The van der Waals surface area contributed by atoms with Crippen LogP contribution in [0, 0.1) is 11.6 Å². The van der Waals surface area contributed by atoms with E-state index in [1.165, 1.54) is 24.3 Å². The molecule has 0 amide bonds. The van der Waals surface area contributed by atoms with Crippen LogP contribution < -0.4 is 5.73 Å². The second-order valence-corrected chi connectivity index (χ2v) is 4.90. The van der Waals surface area contributed by atoms with Crippen molar-refractivity contribution >= 4 is 17.4 Å². The van der Waals surface area contributed by atoms with Crippen molar-refractivity contribution in [2.45, 2.75) is 0 Å². The zero-order valence-electron chi connectivity index (χ0n) is 10.7. The standard InChI is InChI=1S/C15H10ClF2N3/c16-11-6-3-9(7-12(11)18)14-13(15(19)21-20-14)8-1-4-10(17)5-2-8/h1-7H,(H3,19,20,21). The molecular weight excluding hydrogens is 296 g/mol. The molecule has 1 aromatic heterocycles. The third-order valence-corrected chi connectivity index (χ3v) is 3.44. The van der Waals surface area contributed by atoms with Crippen molar-refractivity contribution in [1.82, 2.24) is 10.2 Å². The third-order valence-electron chi connectivity index (χ3n) is 3.14. The van der Waals surface area contributed by atoms with Crippen molar-refractivity contribution in [1.29, 1.82) is 0 Å². The first-order chi connectivity index (χ1) is 10.1. The lowest BCUT2D eigenvalue weighted by Gasteiger charge is -2.05. The van der Waals surface area contributed by atoms with Crippen molar-refractivity contribution < 1.29 is 8.78 Å². The second kappa shape index (κ2) is 5.18. The van der Waals surface area contributed by atoms with Gasteiger partial charge in [0.05, 0.1) is 16.3 Å². The highest BCUT2D eigenvalue weighted by Gasteiger charge is 2.16. The number of aromatic nitrogens is 2. The van der Waals surface area contributed by atoms with Gasteiger partial charge in [-0.05, 0) is 29.8 Å². The molecule has 3 N–H and O–H groups in total. The Bertz CT molecular complexity index is 797. The average molecular weight is 306 g/mol. The number of rotatable bonds is 2. The van der Waals surface area contributed by atoms with Gasteiger partial charge in [0.15, 0.2) is 5.82 Å². The van der Waals surface area contributed by atoms with E-state index in [-0.39, 0.29) is 16.7 Å². The molecular formula is C15H10ClF2N3. The molecule has 0 unspecified atom stereocenters. The van der Waals surface area contributed by atoms with Gasteiger partial charge in [-0.25, -0.2) is 8.78 Å². The van der Waals surface area contributed by atoms with Gasteiger partial charge in [0, 0.05) is 5.56 Å². The summed E-state index contributed by atoms with van der Waals surface area (Å²) in [5.41, 5.74) is 8.25. The number of H-pyrrole nitrogens is 1. The maximum atomic E-state index is 13.6. The summed E-state index contributed by atoms with van der Waals surface area (Å²) in [6, 6.07) is 10.2. The van der Waals surface area contributed by atoms with Gasteiger partial charge < -0.3 is 5.73 Å². The smallest absolute Gasteiger partial charge is 0.153 e. The van der Waals surface area contributed by atoms with Gasteiger partial charge in [0.1, 0.15) is 11.6 Å². The fourth-order valence-corrected chi connectivity index (χ4v) is 2.24. The zero-order chi connectivity index (χ0) is 15.0. The summed E-state index contributed by atoms with van der Waals surface area (Å²) in [5, 5.41) is 6.76. The number of hydrogen-bond donors (Lipinski definition) is 2. The van der Waals surface area contributed by atoms with Crippen LogP contribution in [0.4, 0.5) is 14.6 Å². The molecule has 0 spiro atoms. The van der Waals surface area contributed by atoms with E-state index < -0.39 is 5.82 Å². The molecule has 0 saturated heterocycles. The monoisotopic (exact) mass is 305 g/mol. The number of anilines is 1. The molecule has 3 rings (SSSR count). The lowest BCUT2D eigenvalue weighted by molar-refractivity contribution is 0.628. The van der Waals surface area contributed by atoms with Gasteiger partial charge in [0.25, 0.3) is 0 Å². The number of nitrogens with two attached hydrogens (primary N) is 1. The number of hydrogen-bond acceptors (Lipinski definition) is 2. The van der Waals surface area contributed by atoms with Crippen LogP contribution in [0.2, 0.25) is 5.02 Å². The van der Waals surface area contributed by atoms with E-state index >= 15 is 0 Å². The van der Waals surface area contributed by atoms with Crippen LogP contribution in [0.1, 0.15) is 0 Å². The van der Waals surface area contributed by atoms with E-state index in [4.69, 9.17) is 17.3 Å². The minimum atomic E-state index is -0.535. The highest BCUT2D eigenvalue weighted by Crippen LogP contribution is 2.35. The highest BCUT2D eigenvalue weighted by atomic mass is 35.5. The molecule has 0 fully saturated rings. The molecule has 6 heteroatoms. The van der Waals surface area contributed by atoms with Crippen molar-refractivity contribution in [3.63, 3.8) is 0 Å². The van der Waals surface area contributed by atoms with Crippen molar-refractivity contribution in [3.8, 4) is 22.4 Å². The SMILES string of the molecule is Nc1n[nH]c(-c2ccc(Cl)c(F)c2)c1-c1ccc(F)cc1. The van der Waals surface area contributed by atoms with E-state index in [0.717, 1.165) is 0 Å². The molecule has 0 aliphatic rings. The molecule has 0 aliphatic carbocycles. The Morgan fingerprint density at radius 2 is 1.67 bits per heavy atom. The summed E-state index contributed by atoms with van der Waals surface area (Å²) in [4.78, 5) is 0. The molecule has 106 valence electrons. The molecule has 3 aromatic rings. The number of benzene rings is 2. The van der Waals surface area contributed by atoms with E-state index in [9.17, 15) is 8.78 Å². The Kier molecular flexibility index (Phi) is 3.35. The summed E-state index contributed by atoms with van der Waals surface area (Å²) < 4.78 is 26.6. The first-order valence-corrected chi connectivity index (χ1v) is 6.49. The lowest BCUT2D eigenvalue weighted by Crippen LogP contribution is -1.89. The molecule has 0 aliphatic heterocycles. The lowest BCUT2D eigenvalue weighted by atomic mass is 10.0. The summed E-state index contributed by atoms with van der Waals surface area (Å²) in [7, 11) is 0. The Labute approximate surface area is 124 Å². The van der Waals surface area contributed by atoms with Crippen molar-refractivity contribution in [2.24, 2.45) is 0 Å². The molecule has 1 heterocycles. The van der Waals surface area contributed by atoms with E-state index in [0.29, 0.717) is 22.4 Å². The van der Waals surface area contributed by atoms with Crippen LogP contribution in [0.15, 0.2) is 42.5 Å². The topological polar surface area (TPSA) is 54.7 Å². The molecule has 0 saturated carbocycles. The quantitative estimate of drug-likeness (QED) is 0.743. The minimum Gasteiger partial charge on any atom is -0.382 e. The number of nitrogens with one attached hydrogen (secondary N) is 1. The van der Waals surface area contributed by atoms with Crippen LogP contribution >= 0.6 is 11.6 Å². The summed E-state index contributed by atoms with van der Waals surface area (Å²) >= 11 is 5.68. The summed E-state index contributed by atoms with van der Waals surface area (Å²) in [6.07, 6.45) is 0. The van der Waals surface area contributed by atoms with Gasteiger partial charge in [-0.3, -0.25) is 5.10 Å². The number of nitrogens with zero attached hydrogens (tertiary/aromatic N) is 1. The summed E-state index contributed by atoms with van der Waals surface area (Å²) in [5.74, 6) is -0.626. The van der Waals surface area contributed by atoms with E-state index in [2.05, 4.69) is 10.2 Å². The Morgan fingerprint density at radius 3 is 2.33 bits per heavy atom. The molecule has 3 nitrogen and oxygen atoms in total. The van der Waals surface area contributed by atoms with Crippen LogP contribution in [0.3, 0.4) is 0 Å². The first-order valence-electron chi connectivity index (χ1n) is 6.11. The first kappa shape index (κ1) is 13.6. The van der Waals surface area contributed by atoms with Gasteiger partial charge in [0.2, 0.25) is 0 Å². The Morgan fingerprint density at radius 1 is 1.00 bits per heavy atom. The minimum absolute atomic E-state index is 0.0366. The van der Waals surface area contributed by atoms with Crippen LogP contribution in [-0.4, -0.2) is 10.2 Å². The average Bonchev–Trinajstić information content (AvgIpc) is 2.85. The fourth-order valence-electron chi connectivity index (χ4n) is 2.13. The normalized spacial score (nSPS) is 10.8. The van der Waals surface area contributed by atoms with Gasteiger partial charge in [-0.15, -0.1) is 0 Å². The predicted molar refractivity (Wildman–Crippen MR) is 78.8 cm³/mol. The molecule has 0 bridgehead atoms. The maximum Gasteiger partial charge on any atom is 0.153 e. The third kappa shape index (κ3) is 2.48. The van der Waals surface area contributed by atoms with E-state index in [1.54, 1.807) is 18.2 Å². The zero-order valence-corrected chi connectivity index (χ0v) is 11.5. The second-order valence-electron chi connectivity index (χ2n) is 4.49. The van der Waals surface area contributed by atoms with Crippen LogP contribution in [-0.2, 0) is 0 Å². The molecule has 2 aromatic carbocycles. The molecule has 21 heavy (non-hydrogen) atoms. The predicted octanol–water partition coefficient (Wildman–Crippen LogP) is 4.26.